The molecule has 1 aliphatic heterocycles. The van der Waals surface area contributed by atoms with E-state index in [1.54, 1.807) is 11.8 Å². The van der Waals surface area contributed by atoms with Crippen molar-refractivity contribution in [1.82, 2.24) is 10.6 Å². The fraction of sp³-hybridized carbons (Fsp3) is 0.941. The molecule has 1 saturated carbocycles. The van der Waals surface area contributed by atoms with Crippen LogP contribution in [0.4, 0.5) is 0 Å². The fourth-order valence-corrected chi connectivity index (χ4v) is 4.38. The number of guanidine groups is 1. The van der Waals surface area contributed by atoms with Gasteiger partial charge in [-0.3, -0.25) is 4.99 Å². The Morgan fingerprint density at radius 1 is 1.26 bits per heavy atom. The first kappa shape index (κ1) is 18.9. The van der Waals surface area contributed by atoms with Crippen molar-refractivity contribution in [3.63, 3.8) is 0 Å². The zero-order valence-corrected chi connectivity index (χ0v) is 15.3. The minimum atomic E-state index is -0.621. The van der Waals surface area contributed by atoms with Gasteiger partial charge >= 0.3 is 0 Å². The second-order valence-electron chi connectivity index (χ2n) is 6.63. The third-order valence-electron chi connectivity index (χ3n) is 4.51. The maximum atomic E-state index is 10.4. The molecule has 3 N–H and O–H groups in total. The summed E-state index contributed by atoms with van der Waals surface area (Å²) in [7, 11) is 0. The maximum absolute atomic E-state index is 10.4. The minimum Gasteiger partial charge on any atom is -0.387 e. The van der Waals surface area contributed by atoms with Crippen LogP contribution in [0.1, 0.15) is 51.9 Å². The molecule has 5 nitrogen and oxygen atoms in total. The number of aliphatic hydroxyl groups is 1. The predicted octanol–water partition coefficient (Wildman–Crippen LogP) is 2.15. The molecule has 0 radical (unpaired) electrons. The number of nitrogens with zero attached hydrogens (tertiary/aromatic N) is 1. The van der Waals surface area contributed by atoms with E-state index in [-0.39, 0.29) is 0 Å². The highest BCUT2D eigenvalue weighted by Gasteiger charge is 2.31. The Labute approximate surface area is 145 Å². The van der Waals surface area contributed by atoms with Crippen LogP contribution < -0.4 is 10.6 Å². The number of hydrogen-bond donors (Lipinski definition) is 3. The van der Waals surface area contributed by atoms with E-state index >= 15 is 0 Å². The monoisotopic (exact) mass is 343 g/mol. The normalized spacial score (nSPS) is 27.0. The number of ether oxygens (including phenoxy) is 1. The molecule has 0 aromatic heterocycles. The molecule has 1 aliphatic carbocycles. The summed E-state index contributed by atoms with van der Waals surface area (Å²) in [6.45, 7) is 4.82. The Morgan fingerprint density at radius 3 is 2.70 bits per heavy atom. The van der Waals surface area contributed by atoms with Crippen LogP contribution in [-0.2, 0) is 4.74 Å². The molecular weight excluding hydrogens is 310 g/mol. The van der Waals surface area contributed by atoms with Crippen LogP contribution in [-0.4, -0.2) is 60.5 Å². The van der Waals surface area contributed by atoms with E-state index in [2.05, 4.69) is 22.5 Å². The molecule has 1 heterocycles. The lowest BCUT2D eigenvalue weighted by atomic mass is 10.1. The first-order valence-corrected chi connectivity index (χ1v) is 10.3. The van der Waals surface area contributed by atoms with Gasteiger partial charge in [-0.05, 0) is 31.9 Å². The van der Waals surface area contributed by atoms with Crippen molar-refractivity contribution in [2.75, 3.05) is 37.7 Å². The molecule has 1 atom stereocenters. The summed E-state index contributed by atoms with van der Waals surface area (Å²) in [5.74, 6) is 2.61. The molecule has 0 spiro atoms. The second kappa shape index (κ2) is 10.4. The summed E-state index contributed by atoms with van der Waals surface area (Å²) in [5, 5.41) is 16.9. The summed E-state index contributed by atoms with van der Waals surface area (Å²) in [4.78, 5) is 4.54. The summed E-state index contributed by atoms with van der Waals surface area (Å²) >= 11 is 1.80. The zero-order valence-electron chi connectivity index (χ0n) is 14.5. The molecule has 2 aliphatic rings. The van der Waals surface area contributed by atoms with Gasteiger partial charge in [0.25, 0.3) is 0 Å². The smallest absolute Gasteiger partial charge is 0.191 e. The number of nitrogens with one attached hydrogen (secondary N) is 2. The van der Waals surface area contributed by atoms with Crippen molar-refractivity contribution in [1.29, 1.82) is 0 Å². The molecule has 0 bridgehead atoms. The van der Waals surface area contributed by atoms with Crippen molar-refractivity contribution in [2.45, 2.75) is 63.6 Å². The Bertz CT molecular complexity index is 352. The summed E-state index contributed by atoms with van der Waals surface area (Å²) in [6.07, 6.45) is 9.02. The molecular formula is C17H33N3O2S. The van der Waals surface area contributed by atoms with Crippen LogP contribution in [0.2, 0.25) is 0 Å². The van der Waals surface area contributed by atoms with Gasteiger partial charge in [0.05, 0.1) is 24.9 Å². The Hall–Kier alpha value is -0.460. The van der Waals surface area contributed by atoms with Crippen LogP contribution >= 0.6 is 11.8 Å². The van der Waals surface area contributed by atoms with Crippen molar-refractivity contribution < 1.29 is 9.84 Å². The summed E-state index contributed by atoms with van der Waals surface area (Å²) < 4.78 is 5.99. The van der Waals surface area contributed by atoms with Gasteiger partial charge in [-0.1, -0.05) is 25.7 Å². The first-order valence-electron chi connectivity index (χ1n) is 9.16. The Morgan fingerprint density at radius 2 is 2.04 bits per heavy atom. The van der Waals surface area contributed by atoms with E-state index in [9.17, 15) is 5.11 Å². The average molecular weight is 344 g/mol. The summed E-state index contributed by atoms with van der Waals surface area (Å²) in [5.41, 5.74) is -0.621. The van der Waals surface area contributed by atoms with Gasteiger partial charge in [0.1, 0.15) is 0 Å². The van der Waals surface area contributed by atoms with Crippen molar-refractivity contribution >= 4 is 17.7 Å². The zero-order chi connectivity index (χ0) is 16.4. The third kappa shape index (κ3) is 7.31. The van der Waals surface area contributed by atoms with Gasteiger partial charge in [-0.15, -0.1) is 0 Å². The number of thioether (sulfide) groups is 1. The van der Waals surface area contributed by atoms with Gasteiger partial charge < -0.3 is 20.5 Å². The SMILES string of the molecule is CCNC(=NCC1(O)CCSC1)NCCOC1CCCCCC1. The topological polar surface area (TPSA) is 65.9 Å². The minimum absolute atomic E-state index is 0.440. The molecule has 0 amide bonds. The van der Waals surface area contributed by atoms with Crippen LogP contribution in [0, 0.1) is 0 Å². The molecule has 2 fully saturated rings. The molecule has 23 heavy (non-hydrogen) atoms. The highest BCUT2D eigenvalue weighted by atomic mass is 32.2. The lowest BCUT2D eigenvalue weighted by molar-refractivity contribution is 0.0467. The lowest BCUT2D eigenvalue weighted by Crippen LogP contribution is -2.41. The number of hydrogen-bond acceptors (Lipinski definition) is 4. The molecule has 1 unspecified atom stereocenters. The number of rotatable bonds is 7. The Kier molecular flexibility index (Phi) is 8.55. The van der Waals surface area contributed by atoms with Crippen LogP contribution in [0.25, 0.3) is 0 Å². The molecule has 6 heteroatoms. The quantitative estimate of drug-likeness (QED) is 0.286. The van der Waals surface area contributed by atoms with Gasteiger partial charge in [0.2, 0.25) is 0 Å². The highest BCUT2D eigenvalue weighted by Crippen LogP contribution is 2.27. The second-order valence-corrected chi connectivity index (χ2v) is 7.74. The van der Waals surface area contributed by atoms with Crippen LogP contribution in [0.3, 0.4) is 0 Å². The van der Waals surface area contributed by atoms with Gasteiger partial charge in [-0.25, -0.2) is 0 Å². The van der Waals surface area contributed by atoms with E-state index in [4.69, 9.17) is 4.74 Å². The predicted molar refractivity (Wildman–Crippen MR) is 98.3 cm³/mol. The van der Waals surface area contributed by atoms with Gasteiger partial charge in [-0.2, -0.15) is 11.8 Å². The third-order valence-corrected chi connectivity index (χ3v) is 5.74. The van der Waals surface area contributed by atoms with Gasteiger partial charge in [0.15, 0.2) is 5.96 Å². The average Bonchev–Trinajstić information content (AvgIpc) is 2.82. The van der Waals surface area contributed by atoms with E-state index in [1.165, 1.54) is 38.5 Å². The van der Waals surface area contributed by atoms with E-state index in [1.807, 2.05) is 0 Å². The molecule has 0 aromatic rings. The molecule has 1 saturated heterocycles. The van der Waals surface area contributed by atoms with Crippen molar-refractivity contribution in [2.24, 2.45) is 4.99 Å². The fourth-order valence-electron chi connectivity index (χ4n) is 3.09. The van der Waals surface area contributed by atoms with Crippen molar-refractivity contribution in [3.8, 4) is 0 Å². The maximum Gasteiger partial charge on any atom is 0.191 e. The van der Waals surface area contributed by atoms with Gasteiger partial charge in [0, 0.05) is 18.8 Å². The molecule has 2 rings (SSSR count). The van der Waals surface area contributed by atoms with Crippen molar-refractivity contribution in [3.05, 3.63) is 0 Å². The standard InChI is InChI=1S/C17H33N3O2S/c1-2-18-16(20-13-17(21)9-12-23-14-17)19-10-11-22-15-7-5-3-4-6-8-15/h15,21H,2-14H2,1H3,(H2,18,19,20). The van der Waals surface area contributed by atoms with E-state index < -0.39 is 5.60 Å². The Balaban J connectivity index is 1.67. The molecule has 0 aromatic carbocycles. The van der Waals surface area contributed by atoms with E-state index in [0.29, 0.717) is 12.6 Å². The largest absolute Gasteiger partial charge is 0.387 e. The highest BCUT2D eigenvalue weighted by molar-refractivity contribution is 7.99. The number of aliphatic imine (C=N–C) groups is 1. The lowest BCUT2D eigenvalue weighted by Gasteiger charge is -2.20. The first-order chi connectivity index (χ1) is 11.2. The van der Waals surface area contributed by atoms with E-state index in [0.717, 1.165) is 43.6 Å². The molecule has 134 valence electrons. The summed E-state index contributed by atoms with van der Waals surface area (Å²) in [6, 6.07) is 0. The van der Waals surface area contributed by atoms with Crippen LogP contribution in [0.5, 0.6) is 0 Å². The van der Waals surface area contributed by atoms with Crippen LogP contribution in [0.15, 0.2) is 4.99 Å².